The van der Waals surface area contributed by atoms with E-state index in [0.29, 0.717) is 22.1 Å². The number of carbonyl (C=O) groups excluding carboxylic acids is 1. The number of anilines is 1. The molecule has 9 nitrogen and oxygen atoms in total. The van der Waals surface area contributed by atoms with E-state index in [1.807, 2.05) is 0 Å². The summed E-state index contributed by atoms with van der Waals surface area (Å²) in [5.41, 5.74) is 1.09. The van der Waals surface area contributed by atoms with Crippen molar-refractivity contribution < 1.29 is 9.53 Å². The second kappa shape index (κ2) is 7.72. The minimum Gasteiger partial charge on any atom is -0.497 e. The van der Waals surface area contributed by atoms with Crippen molar-refractivity contribution in [2.45, 2.75) is 6.54 Å². The van der Waals surface area contributed by atoms with Crippen molar-refractivity contribution in [3.05, 3.63) is 70.2 Å². The molecule has 10 heteroatoms. The molecule has 0 saturated carbocycles. The van der Waals surface area contributed by atoms with Gasteiger partial charge in [-0.3, -0.25) is 14.2 Å². The summed E-state index contributed by atoms with van der Waals surface area (Å²) in [5.74, 6) is 0.303. The van der Waals surface area contributed by atoms with E-state index in [2.05, 4.69) is 20.6 Å². The molecule has 0 atom stereocenters. The van der Waals surface area contributed by atoms with Crippen LogP contribution in [0.1, 0.15) is 0 Å². The van der Waals surface area contributed by atoms with Crippen LogP contribution in [0.25, 0.3) is 16.9 Å². The normalized spacial score (nSPS) is 10.8. The van der Waals surface area contributed by atoms with Gasteiger partial charge in [0.25, 0.3) is 5.56 Å². The molecular weight excluding hydrogens is 396 g/mol. The number of rotatable bonds is 5. The van der Waals surface area contributed by atoms with E-state index in [4.69, 9.17) is 16.3 Å². The third-order valence-corrected chi connectivity index (χ3v) is 4.41. The molecule has 29 heavy (non-hydrogen) atoms. The summed E-state index contributed by atoms with van der Waals surface area (Å²) in [6.45, 7) is -0.210. The number of nitrogens with zero attached hydrogens (tertiary/aromatic N) is 5. The number of nitrogens with one attached hydrogen (secondary N) is 1. The fourth-order valence-corrected chi connectivity index (χ4v) is 2.95. The molecule has 1 amide bonds. The zero-order chi connectivity index (χ0) is 20.4. The molecule has 0 radical (unpaired) electrons. The highest BCUT2D eigenvalue weighted by atomic mass is 35.5. The SMILES string of the molecule is COc1ccc(NC(=O)Cn2cnc3c(nnn3-c3cccc(Cl)c3)c2=O)cc1. The lowest BCUT2D eigenvalue weighted by molar-refractivity contribution is -0.116. The average Bonchev–Trinajstić information content (AvgIpc) is 3.15. The first-order chi connectivity index (χ1) is 14.0. The fourth-order valence-electron chi connectivity index (χ4n) is 2.77. The van der Waals surface area contributed by atoms with Gasteiger partial charge in [-0.25, -0.2) is 4.98 Å². The number of methoxy groups -OCH3 is 1. The van der Waals surface area contributed by atoms with Crippen molar-refractivity contribution in [2.75, 3.05) is 12.4 Å². The highest BCUT2D eigenvalue weighted by molar-refractivity contribution is 6.30. The Morgan fingerprint density at radius 2 is 2.00 bits per heavy atom. The predicted octanol–water partition coefficient (Wildman–Crippen LogP) is 2.28. The van der Waals surface area contributed by atoms with Gasteiger partial charge in [0.05, 0.1) is 12.8 Å². The van der Waals surface area contributed by atoms with Crippen molar-refractivity contribution >= 4 is 34.4 Å². The van der Waals surface area contributed by atoms with Crippen LogP contribution in [-0.4, -0.2) is 37.6 Å². The van der Waals surface area contributed by atoms with E-state index >= 15 is 0 Å². The van der Waals surface area contributed by atoms with Gasteiger partial charge in [0, 0.05) is 10.7 Å². The van der Waals surface area contributed by atoms with Crippen LogP contribution in [0, 0.1) is 0 Å². The van der Waals surface area contributed by atoms with Crippen LogP contribution in [-0.2, 0) is 11.3 Å². The average molecular weight is 411 g/mol. The van der Waals surface area contributed by atoms with Gasteiger partial charge >= 0.3 is 0 Å². The van der Waals surface area contributed by atoms with E-state index in [1.165, 1.54) is 15.6 Å². The highest BCUT2D eigenvalue weighted by Crippen LogP contribution is 2.17. The van der Waals surface area contributed by atoms with Gasteiger partial charge in [-0.05, 0) is 42.5 Å². The smallest absolute Gasteiger partial charge is 0.284 e. The second-order valence-electron chi connectivity index (χ2n) is 6.11. The van der Waals surface area contributed by atoms with Gasteiger partial charge in [0.2, 0.25) is 5.91 Å². The molecule has 4 aromatic rings. The molecule has 2 heterocycles. The van der Waals surface area contributed by atoms with Gasteiger partial charge in [-0.15, -0.1) is 5.10 Å². The third-order valence-electron chi connectivity index (χ3n) is 4.17. The van der Waals surface area contributed by atoms with Gasteiger partial charge in [0.15, 0.2) is 11.2 Å². The molecule has 146 valence electrons. The molecule has 0 bridgehead atoms. The van der Waals surface area contributed by atoms with E-state index in [9.17, 15) is 9.59 Å². The zero-order valence-electron chi connectivity index (χ0n) is 15.2. The minimum atomic E-state index is -0.465. The Labute approximate surface area is 169 Å². The maximum absolute atomic E-state index is 12.7. The molecule has 0 aliphatic heterocycles. The number of amides is 1. The predicted molar refractivity (Wildman–Crippen MR) is 108 cm³/mol. The van der Waals surface area contributed by atoms with Gasteiger partial charge in [-0.1, -0.05) is 22.9 Å². The first kappa shape index (κ1) is 18.6. The van der Waals surface area contributed by atoms with E-state index in [-0.39, 0.29) is 23.6 Å². The lowest BCUT2D eigenvalue weighted by Gasteiger charge is -2.08. The van der Waals surface area contributed by atoms with Crippen molar-refractivity contribution in [3.8, 4) is 11.4 Å². The lowest BCUT2D eigenvalue weighted by atomic mass is 10.3. The van der Waals surface area contributed by atoms with Crippen LogP contribution < -0.4 is 15.6 Å². The maximum Gasteiger partial charge on any atom is 0.284 e. The molecule has 2 aromatic heterocycles. The Hall–Kier alpha value is -3.72. The van der Waals surface area contributed by atoms with Crippen molar-refractivity contribution in [1.82, 2.24) is 24.5 Å². The molecule has 0 fully saturated rings. The molecular formula is C19H15ClN6O3. The summed E-state index contributed by atoms with van der Waals surface area (Å²) in [6, 6.07) is 13.8. The van der Waals surface area contributed by atoms with Crippen LogP contribution in [0.4, 0.5) is 5.69 Å². The first-order valence-electron chi connectivity index (χ1n) is 8.56. The molecule has 0 spiro atoms. The molecule has 1 N–H and O–H groups in total. The van der Waals surface area contributed by atoms with Gasteiger partial charge < -0.3 is 10.1 Å². The summed E-state index contributed by atoms with van der Waals surface area (Å²) in [4.78, 5) is 29.3. The Kier molecular flexibility index (Phi) is 4.96. The standard InChI is InChI=1S/C19H15ClN6O3/c1-29-15-7-5-13(6-8-15)22-16(27)10-25-11-21-18-17(19(25)28)23-24-26(18)14-4-2-3-12(20)9-14/h2-9,11H,10H2,1H3,(H,22,27). The molecule has 0 aliphatic rings. The van der Waals surface area contributed by atoms with Gasteiger partial charge in [0.1, 0.15) is 18.6 Å². The largest absolute Gasteiger partial charge is 0.497 e. The topological polar surface area (TPSA) is 104 Å². The first-order valence-corrected chi connectivity index (χ1v) is 8.93. The van der Waals surface area contributed by atoms with Crippen molar-refractivity contribution in [2.24, 2.45) is 0 Å². The highest BCUT2D eigenvalue weighted by Gasteiger charge is 2.15. The van der Waals surface area contributed by atoms with Crippen LogP contribution in [0.15, 0.2) is 59.7 Å². The monoisotopic (exact) mass is 410 g/mol. The number of carbonyl (C=O) groups is 1. The van der Waals surface area contributed by atoms with Crippen LogP contribution in [0.3, 0.4) is 0 Å². The van der Waals surface area contributed by atoms with Crippen molar-refractivity contribution in [3.63, 3.8) is 0 Å². The summed E-state index contributed by atoms with van der Waals surface area (Å²) in [6.07, 6.45) is 1.29. The maximum atomic E-state index is 12.7. The Morgan fingerprint density at radius 3 is 2.72 bits per heavy atom. The molecule has 0 aliphatic carbocycles. The Morgan fingerprint density at radius 1 is 1.21 bits per heavy atom. The van der Waals surface area contributed by atoms with Crippen molar-refractivity contribution in [1.29, 1.82) is 0 Å². The summed E-state index contributed by atoms with van der Waals surface area (Å²) in [5, 5.41) is 11.2. The summed E-state index contributed by atoms with van der Waals surface area (Å²) in [7, 11) is 1.56. The summed E-state index contributed by atoms with van der Waals surface area (Å²) >= 11 is 6.01. The Bertz CT molecular complexity index is 1250. The second-order valence-corrected chi connectivity index (χ2v) is 6.54. The molecule has 0 unspecified atom stereocenters. The number of hydrogen-bond acceptors (Lipinski definition) is 6. The molecule has 4 rings (SSSR count). The lowest BCUT2D eigenvalue weighted by Crippen LogP contribution is -2.28. The van der Waals surface area contributed by atoms with E-state index in [0.717, 1.165) is 0 Å². The molecule has 0 saturated heterocycles. The van der Waals surface area contributed by atoms with Crippen LogP contribution in [0.2, 0.25) is 5.02 Å². The van der Waals surface area contributed by atoms with E-state index < -0.39 is 5.56 Å². The van der Waals surface area contributed by atoms with Crippen LogP contribution >= 0.6 is 11.6 Å². The number of fused-ring (bicyclic) bond motifs is 1. The number of benzene rings is 2. The third kappa shape index (κ3) is 3.81. The quantitative estimate of drug-likeness (QED) is 0.541. The summed E-state index contributed by atoms with van der Waals surface area (Å²) < 4.78 is 7.68. The van der Waals surface area contributed by atoms with Crippen LogP contribution in [0.5, 0.6) is 5.75 Å². The Balaban J connectivity index is 1.58. The molecule has 2 aromatic carbocycles. The fraction of sp³-hybridized carbons (Fsp3) is 0.105. The minimum absolute atomic E-state index is 0.0599. The number of ether oxygens (including phenoxy) is 1. The number of halogens is 1. The zero-order valence-corrected chi connectivity index (χ0v) is 16.0. The van der Waals surface area contributed by atoms with E-state index in [1.54, 1.807) is 55.6 Å². The number of hydrogen-bond donors (Lipinski definition) is 1. The number of aromatic nitrogens is 5. The van der Waals surface area contributed by atoms with Gasteiger partial charge in [-0.2, -0.15) is 4.68 Å².